The van der Waals surface area contributed by atoms with E-state index in [0.717, 1.165) is 11.4 Å². The molecule has 0 saturated carbocycles. The molecule has 0 aliphatic heterocycles. The van der Waals surface area contributed by atoms with E-state index in [1.165, 1.54) is 0 Å². The first kappa shape index (κ1) is 19.6. The zero-order valence-electron chi connectivity index (χ0n) is 17.5. The molecule has 156 valence electrons. The molecule has 0 atom stereocenters. The lowest BCUT2D eigenvalue weighted by Gasteiger charge is -2.19. The minimum absolute atomic E-state index is 0.129. The summed E-state index contributed by atoms with van der Waals surface area (Å²) < 4.78 is 7.98. The Labute approximate surface area is 185 Å². The van der Waals surface area contributed by atoms with Crippen LogP contribution >= 0.6 is 0 Å². The largest absolute Gasteiger partial charge is 0.455 e. The second-order valence-corrected chi connectivity index (χ2v) is 7.41. The third-order valence-corrected chi connectivity index (χ3v) is 5.16. The molecule has 5 aromatic rings. The van der Waals surface area contributed by atoms with Gasteiger partial charge in [0.25, 0.3) is 0 Å². The van der Waals surface area contributed by atoms with Crippen molar-refractivity contribution in [3.05, 3.63) is 119 Å². The van der Waals surface area contributed by atoms with E-state index >= 15 is 0 Å². The number of nitrogens with zero attached hydrogens (tertiary/aromatic N) is 2. The molecular weight excluding hydrogens is 398 g/mol. The van der Waals surface area contributed by atoms with E-state index in [9.17, 15) is 4.79 Å². The van der Waals surface area contributed by atoms with Gasteiger partial charge in [-0.25, -0.2) is 4.98 Å². The molecule has 0 radical (unpaired) electrons. The first-order valence-corrected chi connectivity index (χ1v) is 10.4. The number of pyridine rings is 2. The number of aromatic nitrogens is 2. The quantitative estimate of drug-likeness (QED) is 0.367. The van der Waals surface area contributed by atoms with Gasteiger partial charge in [-0.05, 0) is 49.4 Å². The molecule has 32 heavy (non-hydrogen) atoms. The van der Waals surface area contributed by atoms with Crippen molar-refractivity contribution in [2.45, 2.75) is 6.92 Å². The van der Waals surface area contributed by atoms with E-state index < -0.39 is 0 Å². The summed E-state index contributed by atoms with van der Waals surface area (Å²) in [4.78, 5) is 17.9. The summed E-state index contributed by atoms with van der Waals surface area (Å²) in [5.41, 5.74) is 2.93. The first-order chi connectivity index (χ1) is 15.7. The van der Waals surface area contributed by atoms with Crippen LogP contribution in [0, 0.1) is 6.92 Å². The predicted octanol–water partition coefficient (Wildman–Crippen LogP) is 6.23. The van der Waals surface area contributed by atoms with Crippen LogP contribution in [0.4, 0.5) is 11.5 Å². The van der Waals surface area contributed by atoms with Gasteiger partial charge in [0.1, 0.15) is 17.3 Å². The number of para-hydroxylation sites is 3. The summed E-state index contributed by atoms with van der Waals surface area (Å²) in [7, 11) is 0. The van der Waals surface area contributed by atoms with Crippen molar-refractivity contribution >= 4 is 22.5 Å². The summed E-state index contributed by atoms with van der Waals surface area (Å²) in [5, 5.41) is 3.86. The Balaban J connectivity index is 1.71. The van der Waals surface area contributed by atoms with Gasteiger partial charge in [-0.15, -0.1) is 0 Å². The van der Waals surface area contributed by atoms with Crippen molar-refractivity contribution in [1.29, 1.82) is 0 Å². The molecule has 0 bridgehead atoms. The van der Waals surface area contributed by atoms with Crippen LogP contribution in [-0.2, 0) is 0 Å². The van der Waals surface area contributed by atoms with Crippen molar-refractivity contribution in [3.8, 4) is 17.2 Å². The Kier molecular flexibility index (Phi) is 5.14. The number of benzene rings is 3. The van der Waals surface area contributed by atoms with Crippen LogP contribution in [0.1, 0.15) is 5.69 Å². The number of hydrogen-bond donors (Lipinski definition) is 1. The standard InChI is InChI=1S/C27H21N3O2/c1-19-25(32-22-15-9-4-10-16-22)17-23-24(31)18-26(29-20-11-5-2-6-12-20)30(27(23)28-19)21-13-7-3-8-14-21/h2-18,29H,1H3. The van der Waals surface area contributed by atoms with E-state index in [1.807, 2.05) is 102 Å². The minimum Gasteiger partial charge on any atom is -0.455 e. The van der Waals surface area contributed by atoms with Crippen LogP contribution < -0.4 is 15.5 Å². The van der Waals surface area contributed by atoms with E-state index in [2.05, 4.69) is 5.32 Å². The monoisotopic (exact) mass is 419 g/mol. The van der Waals surface area contributed by atoms with Crippen molar-refractivity contribution < 1.29 is 4.74 Å². The highest BCUT2D eigenvalue weighted by Crippen LogP contribution is 2.30. The molecule has 5 nitrogen and oxygen atoms in total. The maximum Gasteiger partial charge on any atom is 0.193 e. The van der Waals surface area contributed by atoms with Gasteiger partial charge in [0, 0.05) is 17.4 Å². The lowest BCUT2D eigenvalue weighted by Crippen LogP contribution is -2.14. The first-order valence-electron chi connectivity index (χ1n) is 10.4. The van der Waals surface area contributed by atoms with E-state index in [1.54, 1.807) is 12.1 Å². The molecule has 3 aromatic carbocycles. The van der Waals surface area contributed by atoms with Crippen molar-refractivity contribution in [2.24, 2.45) is 0 Å². The van der Waals surface area contributed by atoms with Crippen LogP contribution in [0.5, 0.6) is 11.5 Å². The molecule has 1 N–H and O–H groups in total. The fraction of sp³-hybridized carbons (Fsp3) is 0.0370. The summed E-state index contributed by atoms with van der Waals surface area (Å²) in [6, 6.07) is 32.5. The van der Waals surface area contributed by atoms with Gasteiger partial charge in [-0.1, -0.05) is 54.6 Å². The number of anilines is 2. The maximum absolute atomic E-state index is 13.1. The Morgan fingerprint density at radius 2 is 1.44 bits per heavy atom. The van der Waals surface area contributed by atoms with Crippen LogP contribution in [0.3, 0.4) is 0 Å². The molecule has 0 spiro atoms. The van der Waals surface area contributed by atoms with Crippen LogP contribution in [-0.4, -0.2) is 9.55 Å². The van der Waals surface area contributed by atoms with Gasteiger partial charge in [0.05, 0.1) is 11.1 Å². The molecule has 0 amide bonds. The van der Waals surface area contributed by atoms with Crippen molar-refractivity contribution in [3.63, 3.8) is 0 Å². The second kappa shape index (κ2) is 8.40. The fourth-order valence-electron chi connectivity index (χ4n) is 3.63. The second-order valence-electron chi connectivity index (χ2n) is 7.41. The average Bonchev–Trinajstić information content (AvgIpc) is 2.82. The number of nitrogens with one attached hydrogen (secondary N) is 1. The smallest absolute Gasteiger partial charge is 0.193 e. The van der Waals surface area contributed by atoms with Crippen molar-refractivity contribution in [2.75, 3.05) is 5.32 Å². The number of rotatable bonds is 5. The Morgan fingerprint density at radius 1 is 0.812 bits per heavy atom. The minimum atomic E-state index is -0.129. The molecule has 0 unspecified atom stereocenters. The fourth-order valence-corrected chi connectivity index (χ4v) is 3.63. The van der Waals surface area contributed by atoms with Gasteiger partial charge >= 0.3 is 0 Å². The molecule has 5 heteroatoms. The molecule has 0 saturated heterocycles. The highest BCUT2D eigenvalue weighted by Gasteiger charge is 2.16. The number of fused-ring (bicyclic) bond motifs is 1. The van der Waals surface area contributed by atoms with E-state index in [4.69, 9.17) is 9.72 Å². The van der Waals surface area contributed by atoms with Crippen LogP contribution in [0.15, 0.2) is 108 Å². The lowest BCUT2D eigenvalue weighted by atomic mass is 10.2. The normalized spacial score (nSPS) is 10.8. The Bertz CT molecular complexity index is 1430. The molecule has 2 heterocycles. The van der Waals surface area contributed by atoms with Gasteiger partial charge in [-0.3, -0.25) is 9.36 Å². The van der Waals surface area contributed by atoms with Gasteiger partial charge in [0.2, 0.25) is 0 Å². The highest BCUT2D eigenvalue weighted by molar-refractivity contribution is 5.82. The Hall–Kier alpha value is -4.38. The summed E-state index contributed by atoms with van der Waals surface area (Å²) in [5.74, 6) is 1.90. The highest BCUT2D eigenvalue weighted by atomic mass is 16.5. The molecule has 2 aromatic heterocycles. The van der Waals surface area contributed by atoms with E-state index in [-0.39, 0.29) is 5.43 Å². The third kappa shape index (κ3) is 3.84. The Morgan fingerprint density at radius 3 is 2.12 bits per heavy atom. The van der Waals surface area contributed by atoms with Gasteiger partial charge < -0.3 is 10.1 Å². The average molecular weight is 419 g/mol. The SMILES string of the molecule is Cc1nc2c(cc1Oc1ccccc1)c(=O)cc(Nc1ccccc1)n2-c1ccccc1. The summed E-state index contributed by atoms with van der Waals surface area (Å²) >= 11 is 0. The van der Waals surface area contributed by atoms with E-state index in [0.29, 0.717) is 34.0 Å². The number of aryl methyl sites for hydroxylation is 1. The third-order valence-electron chi connectivity index (χ3n) is 5.16. The maximum atomic E-state index is 13.1. The summed E-state index contributed by atoms with van der Waals surface area (Å²) in [6.07, 6.45) is 0. The molecule has 0 fully saturated rings. The van der Waals surface area contributed by atoms with Gasteiger partial charge in [0.15, 0.2) is 11.1 Å². The van der Waals surface area contributed by atoms with Crippen molar-refractivity contribution in [1.82, 2.24) is 9.55 Å². The zero-order chi connectivity index (χ0) is 21.9. The van der Waals surface area contributed by atoms with Crippen LogP contribution in [0.25, 0.3) is 16.7 Å². The van der Waals surface area contributed by atoms with Gasteiger partial charge in [-0.2, -0.15) is 0 Å². The molecule has 0 aliphatic carbocycles. The zero-order valence-corrected chi connectivity index (χ0v) is 17.5. The number of hydrogen-bond acceptors (Lipinski definition) is 4. The lowest BCUT2D eigenvalue weighted by molar-refractivity contribution is 0.477. The summed E-state index contributed by atoms with van der Waals surface area (Å²) in [6.45, 7) is 1.88. The molecular formula is C27H21N3O2. The molecule has 0 aliphatic rings. The predicted molar refractivity (Wildman–Crippen MR) is 128 cm³/mol. The number of ether oxygens (including phenoxy) is 1. The topological polar surface area (TPSA) is 56.1 Å². The molecule has 5 rings (SSSR count). The van der Waals surface area contributed by atoms with Crippen LogP contribution in [0.2, 0.25) is 0 Å².